The average Bonchev–Trinajstić information content (AvgIpc) is 2.86. The van der Waals surface area contributed by atoms with Crippen molar-refractivity contribution < 1.29 is 18.0 Å². The summed E-state index contributed by atoms with van der Waals surface area (Å²) in [4.78, 5) is 20.1. The molecule has 3 heterocycles. The third kappa shape index (κ3) is 3.35. The molecule has 0 saturated carbocycles. The van der Waals surface area contributed by atoms with Crippen molar-refractivity contribution in [3.63, 3.8) is 0 Å². The predicted octanol–water partition coefficient (Wildman–Crippen LogP) is 2.35. The van der Waals surface area contributed by atoms with Crippen LogP contribution in [0.5, 0.6) is 0 Å². The van der Waals surface area contributed by atoms with Gasteiger partial charge in [-0.15, -0.1) is 0 Å². The maximum Gasteiger partial charge on any atom is 0.417 e. The minimum atomic E-state index is -4.46. The number of amides is 1. The third-order valence-electron chi connectivity index (χ3n) is 3.77. The molecule has 122 valence electrons. The summed E-state index contributed by atoms with van der Waals surface area (Å²) < 4.78 is 39.5. The summed E-state index contributed by atoms with van der Waals surface area (Å²) in [5.74, 6) is 0.518. The average molecular weight is 324 g/mol. The van der Waals surface area contributed by atoms with Crippen LogP contribution in [0.15, 0.2) is 24.5 Å². The Morgan fingerprint density at radius 3 is 2.83 bits per heavy atom. The molecule has 1 aliphatic heterocycles. The first-order valence-corrected chi connectivity index (χ1v) is 7.19. The van der Waals surface area contributed by atoms with Gasteiger partial charge in [-0.3, -0.25) is 9.78 Å². The molecule has 5 nitrogen and oxygen atoms in total. The maximum absolute atomic E-state index is 12.5. The highest BCUT2D eigenvalue weighted by Crippen LogP contribution is 2.28. The van der Waals surface area contributed by atoms with Crippen molar-refractivity contribution in [3.05, 3.63) is 47.3 Å². The molecule has 0 fully saturated rings. The zero-order valence-corrected chi connectivity index (χ0v) is 12.4. The molecule has 1 N–H and O–H groups in total. The molecule has 0 aromatic carbocycles. The quantitative estimate of drug-likeness (QED) is 0.922. The van der Waals surface area contributed by atoms with Crippen LogP contribution >= 0.6 is 0 Å². The van der Waals surface area contributed by atoms with Crippen LogP contribution in [0.3, 0.4) is 0 Å². The minimum Gasteiger partial charge on any atom is -0.346 e. The summed E-state index contributed by atoms with van der Waals surface area (Å²) in [5, 5.41) is 2.81. The normalized spacial score (nSPS) is 17.7. The van der Waals surface area contributed by atoms with Crippen molar-refractivity contribution in [1.29, 1.82) is 0 Å². The monoisotopic (exact) mass is 324 g/mol. The summed E-state index contributed by atoms with van der Waals surface area (Å²) in [6, 6.07) is 1.86. The Hall–Kier alpha value is -2.38. The van der Waals surface area contributed by atoms with Crippen molar-refractivity contribution in [2.24, 2.45) is 0 Å². The Morgan fingerprint density at radius 2 is 2.17 bits per heavy atom. The van der Waals surface area contributed by atoms with Crippen molar-refractivity contribution >= 4 is 5.91 Å². The lowest BCUT2D eigenvalue weighted by Gasteiger charge is -2.24. The van der Waals surface area contributed by atoms with Crippen molar-refractivity contribution in [2.45, 2.75) is 38.5 Å². The number of nitrogens with one attached hydrogen (secondary N) is 1. The SMILES string of the molecule is Cc1cn2c(n1)CC[C@H](NC(=O)c1ccc(C(F)(F)F)cn1)C2. The van der Waals surface area contributed by atoms with Crippen LogP contribution < -0.4 is 5.32 Å². The molecule has 23 heavy (non-hydrogen) atoms. The van der Waals surface area contributed by atoms with Crippen LogP contribution in [-0.2, 0) is 19.1 Å². The lowest BCUT2D eigenvalue weighted by atomic mass is 10.1. The molecule has 1 atom stereocenters. The number of carbonyl (C=O) groups excluding carboxylic acids is 1. The van der Waals surface area contributed by atoms with E-state index < -0.39 is 17.6 Å². The molecule has 0 aliphatic carbocycles. The number of alkyl halides is 3. The van der Waals surface area contributed by atoms with E-state index in [0.29, 0.717) is 12.7 Å². The Balaban J connectivity index is 1.66. The van der Waals surface area contributed by atoms with E-state index in [1.165, 1.54) is 0 Å². The molecule has 8 heteroatoms. The largest absolute Gasteiger partial charge is 0.417 e. The highest BCUT2D eigenvalue weighted by molar-refractivity contribution is 5.92. The molecular formula is C15H15F3N4O. The second-order valence-electron chi connectivity index (χ2n) is 5.59. The van der Waals surface area contributed by atoms with E-state index in [1.807, 2.05) is 17.7 Å². The van der Waals surface area contributed by atoms with Crippen LogP contribution in [0, 0.1) is 6.92 Å². The Labute approximate surface area is 130 Å². The molecule has 0 saturated heterocycles. The number of aromatic nitrogens is 3. The highest BCUT2D eigenvalue weighted by Gasteiger charge is 2.31. The van der Waals surface area contributed by atoms with Gasteiger partial charge in [-0.05, 0) is 25.5 Å². The van der Waals surface area contributed by atoms with Crippen molar-refractivity contribution in [3.8, 4) is 0 Å². The van der Waals surface area contributed by atoms with Gasteiger partial charge in [-0.25, -0.2) is 4.98 Å². The lowest BCUT2D eigenvalue weighted by Crippen LogP contribution is -2.41. The van der Waals surface area contributed by atoms with Gasteiger partial charge in [-0.1, -0.05) is 0 Å². The van der Waals surface area contributed by atoms with Gasteiger partial charge in [0.25, 0.3) is 5.91 Å². The molecule has 1 amide bonds. The molecule has 0 radical (unpaired) electrons. The van der Waals surface area contributed by atoms with Gasteiger partial charge in [0.1, 0.15) is 11.5 Å². The summed E-state index contributed by atoms with van der Waals surface area (Å²) in [6.45, 7) is 2.51. The van der Waals surface area contributed by atoms with Gasteiger partial charge < -0.3 is 9.88 Å². The van der Waals surface area contributed by atoms with Gasteiger partial charge in [0.05, 0.1) is 11.3 Å². The Bertz CT molecular complexity index is 721. The highest BCUT2D eigenvalue weighted by atomic mass is 19.4. The summed E-state index contributed by atoms with van der Waals surface area (Å²) in [6.07, 6.45) is -0.375. The fourth-order valence-electron chi connectivity index (χ4n) is 2.66. The summed E-state index contributed by atoms with van der Waals surface area (Å²) in [5.41, 5.74) is 0.0345. The molecular weight excluding hydrogens is 309 g/mol. The summed E-state index contributed by atoms with van der Waals surface area (Å²) >= 11 is 0. The lowest BCUT2D eigenvalue weighted by molar-refractivity contribution is -0.137. The fourth-order valence-corrected chi connectivity index (χ4v) is 2.66. The van der Waals surface area contributed by atoms with Gasteiger partial charge in [0.15, 0.2) is 0 Å². The number of rotatable bonds is 2. The molecule has 2 aromatic rings. The second kappa shape index (κ2) is 5.68. The Kier molecular flexibility index (Phi) is 3.83. The van der Waals surface area contributed by atoms with E-state index in [4.69, 9.17) is 0 Å². The van der Waals surface area contributed by atoms with Gasteiger partial charge in [0.2, 0.25) is 0 Å². The third-order valence-corrected chi connectivity index (χ3v) is 3.77. The number of aryl methyl sites for hydroxylation is 2. The number of imidazole rings is 1. The number of nitrogens with zero attached hydrogens (tertiary/aromatic N) is 3. The van der Waals surface area contributed by atoms with E-state index in [1.54, 1.807) is 0 Å². The van der Waals surface area contributed by atoms with E-state index in [9.17, 15) is 18.0 Å². The number of fused-ring (bicyclic) bond motifs is 1. The number of carbonyl (C=O) groups is 1. The summed E-state index contributed by atoms with van der Waals surface area (Å²) in [7, 11) is 0. The van der Waals surface area contributed by atoms with Crippen LogP contribution in [0.2, 0.25) is 0 Å². The van der Waals surface area contributed by atoms with Gasteiger partial charge >= 0.3 is 6.18 Å². The number of hydrogen-bond donors (Lipinski definition) is 1. The van der Waals surface area contributed by atoms with Crippen LogP contribution in [-0.4, -0.2) is 26.5 Å². The van der Waals surface area contributed by atoms with E-state index >= 15 is 0 Å². The van der Waals surface area contributed by atoms with Crippen molar-refractivity contribution in [1.82, 2.24) is 19.9 Å². The molecule has 0 spiro atoms. The predicted molar refractivity (Wildman–Crippen MR) is 75.8 cm³/mol. The van der Waals surface area contributed by atoms with Crippen molar-refractivity contribution in [2.75, 3.05) is 0 Å². The number of hydrogen-bond acceptors (Lipinski definition) is 3. The van der Waals surface area contributed by atoms with Gasteiger partial charge in [0, 0.05) is 31.4 Å². The standard InChI is InChI=1S/C15H15F3N4O/c1-9-7-22-8-11(3-5-13(22)20-9)21-14(23)12-4-2-10(6-19-12)15(16,17)18/h2,4,6-7,11H,3,5,8H2,1H3,(H,21,23)/t11-/m0/s1. The first-order valence-electron chi connectivity index (χ1n) is 7.19. The van der Waals surface area contributed by atoms with Crippen LogP contribution in [0.4, 0.5) is 13.2 Å². The topological polar surface area (TPSA) is 59.8 Å². The minimum absolute atomic E-state index is 0.0226. The molecule has 0 bridgehead atoms. The number of halogens is 3. The second-order valence-corrected chi connectivity index (χ2v) is 5.59. The fraction of sp³-hybridized carbons (Fsp3) is 0.400. The first-order chi connectivity index (χ1) is 10.8. The maximum atomic E-state index is 12.5. The van der Waals surface area contributed by atoms with E-state index in [0.717, 1.165) is 36.5 Å². The molecule has 3 rings (SSSR count). The molecule has 1 aliphatic rings. The Morgan fingerprint density at radius 1 is 1.39 bits per heavy atom. The number of pyridine rings is 1. The van der Waals surface area contributed by atoms with Crippen LogP contribution in [0.1, 0.15) is 34.0 Å². The van der Waals surface area contributed by atoms with Crippen LogP contribution in [0.25, 0.3) is 0 Å². The van der Waals surface area contributed by atoms with E-state index in [2.05, 4.69) is 15.3 Å². The molecule has 0 unspecified atom stereocenters. The zero-order chi connectivity index (χ0) is 16.6. The van der Waals surface area contributed by atoms with E-state index in [-0.39, 0.29) is 11.7 Å². The van der Waals surface area contributed by atoms with Gasteiger partial charge in [-0.2, -0.15) is 13.2 Å². The molecule has 2 aromatic heterocycles. The smallest absolute Gasteiger partial charge is 0.346 e. The zero-order valence-electron chi connectivity index (χ0n) is 12.4. The first kappa shape index (κ1) is 15.5.